The monoisotopic (exact) mass is 255 g/mol. The van der Waals surface area contributed by atoms with Crippen molar-refractivity contribution >= 4 is 0 Å². The molecule has 2 aromatic carbocycles. The first-order valence-corrected chi connectivity index (χ1v) is 6.65. The zero-order chi connectivity index (χ0) is 13.8. The van der Waals surface area contributed by atoms with Crippen LogP contribution in [-0.2, 0) is 6.54 Å². The standard InChI is InChI=1S/C17H21NO/c1-12-9-15(10-13(2)17(12)19)11-18-14(3)16-7-5-4-6-8-16/h4-10,14,18-19H,11H2,1-3H3/t14-/m1/s1. The first kappa shape index (κ1) is 13.6. The number of hydrogen-bond donors (Lipinski definition) is 2. The van der Waals surface area contributed by atoms with Gasteiger partial charge in [-0.1, -0.05) is 42.5 Å². The smallest absolute Gasteiger partial charge is 0.121 e. The Morgan fingerprint density at radius 2 is 1.63 bits per heavy atom. The van der Waals surface area contributed by atoms with E-state index >= 15 is 0 Å². The molecule has 0 aliphatic heterocycles. The molecule has 2 N–H and O–H groups in total. The van der Waals surface area contributed by atoms with Gasteiger partial charge in [0.1, 0.15) is 5.75 Å². The molecule has 19 heavy (non-hydrogen) atoms. The van der Waals surface area contributed by atoms with Crippen LogP contribution in [0.3, 0.4) is 0 Å². The largest absolute Gasteiger partial charge is 0.507 e. The fourth-order valence-corrected chi connectivity index (χ4v) is 2.28. The number of nitrogens with one attached hydrogen (secondary N) is 1. The lowest BCUT2D eigenvalue weighted by atomic mass is 10.0. The van der Waals surface area contributed by atoms with Crippen LogP contribution in [0.15, 0.2) is 42.5 Å². The molecule has 0 saturated heterocycles. The van der Waals surface area contributed by atoms with Crippen molar-refractivity contribution in [3.63, 3.8) is 0 Å². The van der Waals surface area contributed by atoms with Crippen molar-refractivity contribution in [1.82, 2.24) is 5.32 Å². The summed E-state index contributed by atoms with van der Waals surface area (Å²) in [6, 6.07) is 14.8. The minimum Gasteiger partial charge on any atom is -0.507 e. The van der Waals surface area contributed by atoms with E-state index < -0.39 is 0 Å². The summed E-state index contributed by atoms with van der Waals surface area (Å²) in [6.45, 7) is 6.84. The van der Waals surface area contributed by atoms with Gasteiger partial charge in [0, 0.05) is 12.6 Å². The lowest BCUT2D eigenvalue weighted by molar-refractivity contribution is 0.466. The van der Waals surface area contributed by atoms with Gasteiger partial charge in [-0.05, 0) is 43.0 Å². The Morgan fingerprint density at radius 1 is 1.05 bits per heavy atom. The van der Waals surface area contributed by atoms with Crippen molar-refractivity contribution in [2.45, 2.75) is 33.4 Å². The van der Waals surface area contributed by atoms with E-state index in [-0.39, 0.29) is 0 Å². The van der Waals surface area contributed by atoms with E-state index in [1.165, 1.54) is 11.1 Å². The molecular formula is C17H21NO. The maximum absolute atomic E-state index is 9.77. The van der Waals surface area contributed by atoms with Crippen LogP contribution < -0.4 is 5.32 Å². The van der Waals surface area contributed by atoms with Crippen LogP contribution in [0.5, 0.6) is 5.75 Å². The molecule has 0 aliphatic carbocycles. The van der Waals surface area contributed by atoms with E-state index in [1.54, 1.807) is 0 Å². The van der Waals surface area contributed by atoms with Crippen LogP contribution in [0, 0.1) is 13.8 Å². The summed E-state index contributed by atoms with van der Waals surface area (Å²) < 4.78 is 0. The van der Waals surface area contributed by atoms with Crippen LogP contribution in [0.4, 0.5) is 0 Å². The van der Waals surface area contributed by atoms with Gasteiger partial charge < -0.3 is 10.4 Å². The molecule has 100 valence electrons. The predicted octanol–water partition coefficient (Wildman–Crippen LogP) is 3.86. The van der Waals surface area contributed by atoms with Gasteiger partial charge in [0.2, 0.25) is 0 Å². The number of aryl methyl sites for hydroxylation is 2. The molecule has 0 unspecified atom stereocenters. The molecule has 2 nitrogen and oxygen atoms in total. The third kappa shape index (κ3) is 3.36. The van der Waals surface area contributed by atoms with Gasteiger partial charge in [0.25, 0.3) is 0 Å². The van der Waals surface area contributed by atoms with Crippen molar-refractivity contribution in [3.05, 3.63) is 64.7 Å². The fourth-order valence-electron chi connectivity index (χ4n) is 2.28. The van der Waals surface area contributed by atoms with Crippen molar-refractivity contribution in [1.29, 1.82) is 0 Å². The number of phenolic OH excluding ortho intramolecular Hbond substituents is 1. The highest BCUT2D eigenvalue weighted by molar-refractivity contribution is 5.42. The molecule has 0 aromatic heterocycles. The zero-order valence-corrected chi connectivity index (χ0v) is 11.8. The maximum Gasteiger partial charge on any atom is 0.121 e. The zero-order valence-electron chi connectivity index (χ0n) is 11.8. The van der Waals surface area contributed by atoms with E-state index in [0.717, 1.165) is 17.7 Å². The molecule has 1 atom stereocenters. The van der Waals surface area contributed by atoms with E-state index in [0.29, 0.717) is 11.8 Å². The summed E-state index contributed by atoms with van der Waals surface area (Å²) >= 11 is 0. The molecule has 0 bridgehead atoms. The highest BCUT2D eigenvalue weighted by Crippen LogP contribution is 2.23. The minimum absolute atomic E-state index is 0.315. The van der Waals surface area contributed by atoms with Crippen molar-refractivity contribution < 1.29 is 5.11 Å². The Hall–Kier alpha value is -1.80. The Labute approximate surface area is 115 Å². The van der Waals surface area contributed by atoms with Crippen molar-refractivity contribution in [2.24, 2.45) is 0 Å². The maximum atomic E-state index is 9.77. The highest BCUT2D eigenvalue weighted by atomic mass is 16.3. The molecular weight excluding hydrogens is 234 g/mol. The summed E-state index contributed by atoms with van der Waals surface area (Å²) in [5.41, 5.74) is 4.36. The lowest BCUT2D eigenvalue weighted by Crippen LogP contribution is -2.18. The Morgan fingerprint density at radius 3 is 2.21 bits per heavy atom. The van der Waals surface area contributed by atoms with Crippen molar-refractivity contribution in [2.75, 3.05) is 0 Å². The predicted molar refractivity (Wildman–Crippen MR) is 79.3 cm³/mol. The summed E-state index contributed by atoms with van der Waals surface area (Å²) in [5, 5.41) is 13.3. The lowest BCUT2D eigenvalue weighted by Gasteiger charge is -2.15. The highest BCUT2D eigenvalue weighted by Gasteiger charge is 2.06. The molecule has 2 aromatic rings. The fraction of sp³-hybridized carbons (Fsp3) is 0.294. The first-order chi connectivity index (χ1) is 9.08. The molecule has 0 radical (unpaired) electrons. The first-order valence-electron chi connectivity index (χ1n) is 6.65. The molecule has 0 spiro atoms. The van der Waals surface area contributed by atoms with Gasteiger partial charge in [-0.25, -0.2) is 0 Å². The number of rotatable bonds is 4. The molecule has 2 rings (SSSR count). The Bertz CT molecular complexity index is 525. The molecule has 0 aliphatic rings. The summed E-state index contributed by atoms with van der Waals surface area (Å²) in [7, 11) is 0. The third-order valence-corrected chi connectivity index (χ3v) is 3.46. The summed E-state index contributed by atoms with van der Waals surface area (Å²) in [4.78, 5) is 0. The summed E-state index contributed by atoms with van der Waals surface area (Å²) in [6.07, 6.45) is 0. The van der Waals surface area contributed by atoms with E-state index in [2.05, 4.69) is 36.5 Å². The van der Waals surface area contributed by atoms with Gasteiger partial charge in [-0.15, -0.1) is 0 Å². The van der Waals surface area contributed by atoms with Gasteiger partial charge in [0.15, 0.2) is 0 Å². The number of hydrogen-bond acceptors (Lipinski definition) is 2. The average molecular weight is 255 g/mol. The average Bonchev–Trinajstić information content (AvgIpc) is 2.43. The number of aromatic hydroxyl groups is 1. The van der Waals surface area contributed by atoms with Gasteiger partial charge in [-0.3, -0.25) is 0 Å². The van der Waals surface area contributed by atoms with Crippen LogP contribution in [-0.4, -0.2) is 5.11 Å². The van der Waals surface area contributed by atoms with Crippen LogP contribution in [0.2, 0.25) is 0 Å². The van der Waals surface area contributed by atoms with Crippen LogP contribution in [0.1, 0.15) is 35.2 Å². The molecule has 0 saturated carbocycles. The molecule has 0 amide bonds. The second-order valence-corrected chi connectivity index (χ2v) is 5.09. The SMILES string of the molecule is Cc1cc(CN[C@H](C)c2ccccc2)cc(C)c1O. The molecule has 2 heteroatoms. The van der Waals surface area contributed by atoms with Gasteiger partial charge in [0.05, 0.1) is 0 Å². The topological polar surface area (TPSA) is 32.3 Å². The van der Waals surface area contributed by atoms with Crippen LogP contribution >= 0.6 is 0 Å². The molecule has 0 heterocycles. The number of phenols is 1. The Kier molecular flexibility index (Phi) is 4.23. The van der Waals surface area contributed by atoms with Crippen molar-refractivity contribution in [3.8, 4) is 5.75 Å². The van der Waals surface area contributed by atoms with E-state index in [9.17, 15) is 5.11 Å². The normalized spacial score (nSPS) is 12.4. The van der Waals surface area contributed by atoms with Crippen LogP contribution in [0.25, 0.3) is 0 Å². The quantitative estimate of drug-likeness (QED) is 0.869. The van der Waals surface area contributed by atoms with Gasteiger partial charge >= 0.3 is 0 Å². The van der Waals surface area contributed by atoms with Gasteiger partial charge in [-0.2, -0.15) is 0 Å². The summed E-state index contributed by atoms with van der Waals surface area (Å²) in [5.74, 6) is 0.403. The second-order valence-electron chi connectivity index (χ2n) is 5.09. The van der Waals surface area contributed by atoms with E-state index in [1.807, 2.05) is 32.0 Å². The minimum atomic E-state index is 0.315. The molecule has 0 fully saturated rings. The number of benzene rings is 2. The Balaban J connectivity index is 2.03. The third-order valence-electron chi connectivity index (χ3n) is 3.46. The van der Waals surface area contributed by atoms with E-state index in [4.69, 9.17) is 0 Å². The second kappa shape index (κ2) is 5.89.